The Morgan fingerprint density at radius 3 is 2.93 bits per heavy atom. The topological polar surface area (TPSA) is 39.2 Å². The van der Waals surface area contributed by atoms with Gasteiger partial charge in [-0.15, -0.1) is 11.8 Å². The molecule has 0 radical (unpaired) electrons. The van der Waals surface area contributed by atoms with E-state index >= 15 is 0 Å². The number of nitrogens with two attached hydrogens (primary N) is 1. The molecule has 0 fully saturated rings. The molecule has 0 amide bonds. The van der Waals surface area contributed by atoms with Crippen LogP contribution in [0.2, 0.25) is 0 Å². The van der Waals surface area contributed by atoms with E-state index in [4.69, 9.17) is 10.2 Å². The number of aryl methyl sites for hydroxylation is 1. The van der Waals surface area contributed by atoms with E-state index in [0.717, 1.165) is 11.4 Å². The predicted octanol–water partition coefficient (Wildman–Crippen LogP) is 3.46. The Bertz CT molecular complexity index is 437. The van der Waals surface area contributed by atoms with Crippen LogP contribution in [-0.2, 0) is 5.75 Å². The monoisotopic (exact) mass is 219 g/mol. The number of anilines is 1. The molecular formula is C12H13NOS. The van der Waals surface area contributed by atoms with E-state index in [1.54, 1.807) is 24.3 Å². The molecule has 0 unspecified atom stereocenters. The Morgan fingerprint density at radius 1 is 1.33 bits per heavy atom. The molecule has 0 aliphatic heterocycles. The lowest BCUT2D eigenvalue weighted by molar-refractivity contribution is 0.565. The van der Waals surface area contributed by atoms with Gasteiger partial charge < -0.3 is 10.2 Å². The van der Waals surface area contributed by atoms with Gasteiger partial charge in [0.2, 0.25) is 0 Å². The minimum Gasteiger partial charge on any atom is -0.472 e. The summed E-state index contributed by atoms with van der Waals surface area (Å²) in [5, 5.41) is 0. The lowest BCUT2D eigenvalue weighted by Gasteiger charge is -2.05. The van der Waals surface area contributed by atoms with Crippen LogP contribution in [0.5, 0.6) is 0 Å². The number of hydrogen-bond acceptors (Lipinski definition) is 3. The summed E-state index contributed by atoms with van der Waals surface area (Å²) in [5.74, 6) is 0.917. The predicted molar refractivity (Wildman–Crippen MR) is 63.9 cm³/mol. The fraction of sp³-hybridized carbons (Fsp3) is 0.167. The Kier molecular flexibility index (Phi) is 3.02. The molecule has 3 heteroatoms. The van der Waals surface area contributed by atoms with Crippen LogP contribution in [0.4, 0.5) is 5.69 Å². The van der Waals surface area contributed by atoms with Gasteiger partial charge in [0, 0.05) is 21.9 Å². The zero-order valence-electron chi connectivity index (χ0n) is 8.57. The van der Waals surface area contributed by atoms with Crippen molar-refractivity contribution in [2.75, 3.05) is 5.73 Å². The molecule has 2 aromatic rings. The summed E-state index contributed by atoms with van der Waals surface area (Å²) in [4.78, 5) is 1.23. The lowest BCUT2D eigenvalue weighted by Crippen LogP contribution is -1.87. The van der Waals surface area contributed by atoms with Gasteiger partial charge in [-0.25, -0.2) is 0 Å². The van der Waals surface area contributed by atoms with Gasteiger partial charge in [-0.3, -0.25) is 0 Å². The molecule has 0 bridgehead atoms. The van der Waals surface area contributed by atoms with Crippen molar-refractivity contribution in [2.24, 2.45) is 0 Å². The van der Waals surface area contributed by atoms with Crippen LogP contribution in [0, 0.1) is 6.92 Å². The maximum atomic E-state index is 5.74. The molecule has 0 aliphatic carbocycles. The molecule has 2 nitrogen and oxygen atoms in total. The number of nitrogen functional groups attached to an aromatic ring is 1. The zero-order chi connectivity index (χ0) is 10.7. The fourth-order valence-electron chi connectivity index (χ4n) is 1.31. The summed E-state index contributed by atoms with van der Waals surface area (Å²) in [7, 11) is 0. The Hall–Kier alpha value is -1.35. The van der Waals surface area contributed by atoms with Gasteiger partial charge in [-0.1, -0.05) is 6.07 Å². The quantitative estimate of drug-likeness (QED) is 0.634. The highest BCUT2D eigenvalue weighted by atomic mass is 32.2. The van der Waals surface area contributed by atoms with E-state index in [-0.39, 0.29) is 0 Å². The second kappa shape index (κ2) is 4.45. The third-order valence-electron chi connectivity index (χ3n) is 2.19. The Balaban J connectivity index is 2.07. The smallest absolute Gasteiger partial charge is 0.0943 e. The van der Waals surface area contributed by atoms with Crippen LogP contribution in [0.15, 0.2) is 46.1 Å². The number of hydrogen-bond donors (Lipinski definition) is 1. The van der Waals surface area contributed by atoms with Gasteiger partial charge >= 0.3 is 0 Å². The summed E-state index contributed by atoms with van der Waals surface area (Å²) in [6, 6.07) is 7.97. The van der Waals surface area contributed by atoms with E-state index in [9.17, 15) is 0 Å². The first-order valence-electron chi connectivity index (χ1n) is 4.76. The van der Waals surface area contributed by atoms with Crippen molar-refractivity contribution in [3.05, 3.63) is 47.9 Å². The summed E-state index contributed by atoms with van der Waals surface area (Å²) >= 11 is 1.78. The second-order valence-corrected chi connectivity index (χ2v) is 4.46. The van der Waals surface area contributed by atoms with E-state index in [1.165, 1.54) is 16.0 Å². The average Bonchev–Trinajstić information content (AvgIpc) is 2.72. The molecule has 1 heterocycles. The van der Waals surface area contributed by atoms with E-state index in [1.807, 2.05) is 24.3 Å². The van der Waals surface area contributed by atoms with Gasteiger partial charge in [-0.05, 0) is 30.7 Å². The van der Waals surface area contributed by atoms with E-state index in [0.29, 0.717) is 0 Å². The normalized spacial score (nSPS) is 10.5. The molecule has 2 N–H and O–H groups in total. The highest BCUT2D eigenvalue weighted by molar-refractivity contribution is 7.98. The molecule has 0 saturated heterocycles. The van der Waals surface area contributed by atoms with Gasteiger partial charge in [-0.2, -0.15) is 0 Å². The molecule has 15 heavy (non-hydrogen) atoms. The van der Waals surface area contributed by atoms with Gasteiger partial charge in [0.15, 0.2) is 0 Å². The molecule has 0 spiro atoms. The lowest BCUT2D eigenvalue weighted by atomic mass is 10.2. The van der Waals surface area contributed by atoms with Crippen LogP contribution in [0.3, 0.4) is 0 Å². The summed E-state index contributed by atoms with van der Waals surface area (Å²) < 4.78 is 5.02. The number of furan rings is 1. The number of benzene rings is 1. The van der Waals surface area contributed by atoms with E-state index < -0.39 is 0 Å². The van der Waals surface area contributed by atoms with Crippen molar-refractivity contribution in [1.82, 2.24) is 0 Å². The van der Waals surface area contributed by atoms with Crippen molar-refractivity contribution in [3.63, 3.8) is 0 Å². The van der Waals surface area contributed by atoms with Crippen LogP contribution in [-0.4, -0.2) is 0 Å². The van der Waals surface area contributed by atoms with Crippen molar-refractivity contribution >= 4 is 17.4 Å². The van der Waals surface area contributed by atoms with Crippen LogP contribution in [0.1, 0.15) is 11.1 Å². The largest absolute Gasteiger partial charge is 0.472 e. The standard InChI is InChI=1S/C12H13NOS/c1-9-2-3-11(13)6-12(9)15-8-10-4-5-14-7-10/h2-7H,8,13H2,1H3. The molecule has 1 aromatic carbocycles. The third kappa shape index (κ3) is 2.57. The van der Waals surface area contributed by atoms with Crippen LogP contribution >= 0.6 is 11.8 Å². The summed E-state index contributed by atoms with van der Waals surface area (Å²) in [6.07, 6.45) is 3.47. The summed E-state index contributed by atoms with van der Waals surface area (Å²) in [6.45, 7) is 2.09. The molecule has 78 valence electrons. The molecular weight excluding hydrogens is 206 g/mol. The highest BCUT2D eigenvalue weighted by Crippen LogP contribution is 2.27. The van der Waals surface area contributed by atoms with Crippen molar-refractivity contribution in [1.29, 1.82) is 0 Å². The maximum Gasteiger partial charge on any atom is 0.0943 e. The van der Waals surface area contributed by atoms with Crippen LogP contribution < -0.4 is 5.73 Å². The minimum atomic E-state index is 0.815. The maximum absolute atomic E-state index is 5.74. The zero-order valence-corrected chi connectivity index (χ0v) is 9.38. The third-order valence-corrected chi connectivity index (χ3v) is 3.42. The summed E-state index contributed by atoms with van der Waals surface area (Å²) in [5.41, 5.74) is 9.02. The van der Waals surface area contributed by atoms with Gasteiger partial charge in [0.25, 0.3) is 0 Å². The molecule has 2 rings (SSSR count). The first kappa shape index (κ1) is 10.2. The fourth-order valence-corrected chi connectivity index (χ4v) is 2.31. The molecule has 0 atom stereocenters. The first-order chi connectivity index (χ1) is 7.25. The van der Waals surface area contributed by atoms with Crippen molar-refractivity contribution < 1.29 is 4.42 Å². The SMILES string of the molecule is Cc1ccc(N)cc1SCc1ccoc1. The Morgan fingerprint density at radius 2 is 2.20 bits per heavy atom. The average molecular weight is 219 g/mol. The highest BCUT2D eigenvalue weighted by Gasteiger charge is 2.01. The van der Waals surface area contributed by atoms with Gasteiger partial charge in [0.1, 0.15) is 0 Å². The minimum absolute atomic E-state index is 0.815. The molecule has 0 saturated carbocycles. The van der Waals surface area contributed by atoms with Crippen molar-refractivity contribution in [3.8, 4) is 0 Å². The molecule has 1 aromatic heterocycles. The number of rotatable bonds is 3. The molecule has 0 aliphatic rings. The van der Waals surface area contributed by atoms with E-state index in [2.05, 4.69) is 6.92 Å². The first-order valence-corrected chi connectivity index (χ1v) is 5.74. The second-order valence-electron chi connectivity index (χ2n) is 3.45. The van der Waals surface area contributed by atoms with Crippen LogP contribution in [0.25, 0.3) is 0 Å². The number of thioether (sulfide) groups is 1. The van der Waals surface area contributed by atoms with Gasteiger partial charge in [0.05, 0.1) is 12.5 Å². The Labute approximate surface area is 93.5 Å². The van der Waals surface area contributed by atoms with Crippen molar-refractivity contribution in [2.45, 2.75) is 17.6 Å².